The second kappa shape index (κ2) is 5.73. The van der Waals surface area contributed by atoms with Gasteiger partial charge in [0.25, 0.3) is 0 Å². The number of aliphatic hydroxyl groups excluding tert-OH is 1. The molecule has 0 aliphatic heterocycles. The Morgan fingerprint density at radius 3 is 2.90 bits per heavy atom. The molecular formula is C11H17N5O3S. The van der Waals surface area contributed by atoms with E-state index < -0.39 is 16.6 Å². The number of aryl methyl sites for hydroxylation is 1. The van der Waals surface area contributed by atoms with Gasteiger partial charge in [-0.25, -0.2) is 13.1 Å². The fourth-order valence-electron chi connectivity index (χ4n) is 1.98. The number of nitrogens with zero attached hydrogens (tertiary/aromatic N) is 3. The van der Waals surface area contributed by atoms with Gasteiger partial charge in [-0.05, 0) is 19.9 Å². The third kappa shape index (κ3) is 3.06. The van der Waals surface area contributed by atoms with E-state index in [-0.39, 0.29) is 16.6 Å². The summed E-state index contributed by atoms with van der Waals surface area (Å²) in [6.45, 7) is 3.32. The molecular weight excluding hydrogens is 282 g/mol. The first-order valence-electron chi connectivity index (χ1n) is 6.08. The molecule has 2 aromatic heterocycles. The van der Waals surface area contributed by atoms with E-state index in [2.05, 4.69) is 20.0 Å². The van der Waals surface area contributed by atoms with Gasteiger partial charge in [0.2, 0.25) is 10.0 Å². The number of hydrogen-bond acceptors (Lipinski definition) is 5. The van der Waals surface area contributed by atoms with Crippen molar-refractivity contribution in [3.8, 4) is 0 Å². The molecule has 2 heterocycles. The lowest BCUT2D eigenvalue weighted by atomic mass is 10.4. The summed E-state index contributed by atoms with van der Waals surface area (Å²) in [5.74, 6) is 0. The van der Waals surface area contributed by atoms with Gasteiger partial charge in [0.15, 0.2) is 0 Å². The molecule has 0 saturated carbocycles. The molecule has 0 spiro atoms. The van der Waals surface area contributed by atoms with Crippen LogP contribution in [0.3, 0.4) is 0 Å². The van der Waals surface area contributed by atoms with Crippen LogP contribution in [0.25, 0.3) is 0 Å². The molecule has 0 aliphatic rings. The molecule has 2 aromatic rings. The van der Waals surface area contributed by atoms with Crippen LogP contribution in [0.1, 0.15) is 18.3 Å². The third-order valence-corrected chi connectivity index (χ3v) is 4.55. The topological polar surface area (TPSA) is 113 Å². The molecule has 8 nitrogen and oxygen atoms in total. The monoisotopic (exact) mass is 299 g/mol. The van der Waals surface area contributed by atoms with Crippen LogP contribution in [0.4, 0.5) is 0 Å². The second-order valence-corrected chi connectivity index (χ2v) is 6.18. The minimum absolute atomic E-state index is 0.00677. The Balaban J connectivity index is 2.16. The molecule has 0 fully saturated rings. The minimum atomic E-state index is -3.74. The zero-order chi connectivity index (χ0) is 14.8. The van der Waals surface area contributed by atoms with Gasteiger partial charge >= 0.3 is 0 Å². The number of nitrogens with one attached hydrogen (secondary N) is 2. The second-order valence-electron chi connectivity index (χ2n) is 4.53. The summed E-state index contributed by atoms with van der Waals surface area (Å²) in [6.07, 6.45) is 3.39. The van der Waals surface area contributed by atoms with Crippen molar-refractivity contribution in [2.45, 2.75) is 37.9 Å². The van der Waals surface area contributed by atoms with E-state index in [0.29, 0.717) is 12.2 Å². The molecule has 0 aromatic carbocycles. The van der Waals surface area contributed by atoms with E-state index in [1.807, 2.05) is 0 Å². The lowest BCUT2D eigenvalue weighted by Gasteiger charge is -2.14. The number of hydrogen-bond donors (Lipinski definition) is 3. The molecule has 0 radical (unpaired) electrons. The highest BCUT2D eigenvalue weighted by atomic mass is 32.2. The van der Waals surface area contributed by atoms with Crippen molar-refractivity contribution in [1.82, 2.24) is 24.7 Å². The number of sulfonamides is 1. The first kappa shape index (κ1) is 14.7. The maximum absolute atomic E-state index is 12.3. The average molecular weight is 299 g/mol. The van der Waals surface area contributed by atoms with Gasteiger partial charge < -0.3 is 5.11 Å². The summed E-state index contributed by atoms with van der Waals surface area (Å²) in [7, 11) is -3.74. The fourth-order valence-corrected chi connectivity index (χ4v) is 3.57. The molecule has 9 heteroatoms. The number of aromatic amines is 1. The van der Waals surface area contributed by atoms with Gasteiger partial charge in [-0.3, -0.25) is 9.78 Å². The maximum Gasteiger partial charge on any atom is 0.244 e. The highest BCUT2D eigenvalue weighted by Gasteiger charge is 2.25. The van der Waals surface area contributed by atoms with Gasteiger partial charge in [0.05, 0.1) is 18.8 Å². The predicted octanol–water partition coefficient (Wildman–Crippen LogP) is -0.226. The molecule has 2 rings (SSSR count). The van der Waals surface area contributed by atoms with Gasteiger partial charge in [0.1, 0.15) is 10.6 Å². The summed E-state index contributed by atoms with van der Waals surface area (Å²) < 4.78 is 28.8. The van der Waals surface area contributed by atoms with Crippen molar-refractivity contribution in [1.29, 1.82) is 0 Å². The van der Waals surface area contributed by atoms with Gasteiger partial charge in [-0.2, -0.15) is 10.2 Å². The lowest BCUT2D eigenvalue weighted by molar-refractivity contribution is 0.273. The quantitative estimate of drug-likeness (QED) is 0.682. The molecule has 0 bridgehead atoms. The summed E-state index contributed by atoms with van der Waals surface area (Å²) >= 11 is 0. The van der Waals surface area contributed by atoms with Crippen molar-refractivity contribution in [2.75, 3.05) is 0 Å². The van der Waals surface area contributed by atoms with Crippen LogP contribution in [0.2, 0.25) is 0 Å². The Kier molecular flexibility index (Phi) is 4.21. The standard InChI is InChI=1S/C11H17N5O3S/c1-8(6-16-5-3-4-12-16)15-20(18,19)11-9(2)13-14-10(11)7-17/h3-5,8,15,17H,6-7H2,1-2H3,(H,13,14). The van der Waals surface area contributed by atoms with E-state index in [1.54, 1.807) is 37.0 Å². The van der Waals surface area contributed by atoms with E-state index in [4.69, 9.17) is 5.11 Å². The van der Waals surface area contributed by atoms with E-state index in [0.717, 1.165) is 0 Å². The SMILES string of the molecule is Cc1[nH]nc(CO)c1S(=O)(=O)NC(C)Cn1cccn1. The molecule has 1 unspecified atom stereocenters. The highest BCUT2D eigenvalue weighted by Crippen LogP contribution is 2.17. The van der Waals surface area contributed by atoms with Gasteiger partial charge in [0, 0.05) is 18.4 Å². The minimum Gasteiger partial charge on any atom is -0.390 e. The van der Waals surface area contributed by atoms with Crippen LogP contribution in [0.5, 0.6) is 0 Å². The number of aromatic nitrogens is 4. The van der Waals surface area contributed by atoms with Crippen molar-refractivity contribution in [3.63, 3.8) is 0 Å². The Hall–Kier alpha value is -1.71. The largest absolute Gasteiger partial charge is 0.390 e. The van der Waals surface area contributed by atoms with Crippen molar-refractivity contribution < 1.29 is 13.5 Å². The normalized spacial score (nSPS) is 13.6. The summed E-state index contributed by atoms with van der Waals surface area (Å²) in [5, 5.41) is 19.5. The smallest absolute Gasteiger partial charge is 0.244 e. The molecule has 3 N–H and O–H groups in total. The van der Waals surface area contributed by atoms with Crippen LogP contribution < -0.4 is 4.72 Å². The summed E-state index contributed by atoms with van der Waals surface area (Å²) in [6, 6.07) is 1.42. The molecule has 110 valence electrons. The molecule has 0 saturated heterocycles. The maximum atomic E-state index is 12.3. The van der Waals surface area contributed by atoms with Crippen LogP contribution >= 0.6 is 0 Å². The molecule has 1 atom stereocenters. The Bertz CT molecular complexity index is 662. The predicted molar refractivity (Wildman–Crippen MR) is 71.3 cm³/mol. The van der Waals surface area contributed by atoms with Crippen LogP contribution in [0.15, 0.2) is 23.4 Å². The van der Waals surface area contributed by atoms with Gasteiger partial charge in [-0.15, -0.1) is 0 Å². The first-order valence-corrected chi connectivity index (χ1v) is 7.57. The highest BCUT2D eigenvalue weighted by molar-refractivity contribution is 7.89. The molecule has 0 aliphatic carbocycles. The summed E-state index contributed by atoms with van der Waals surface area (Å²) in [5.41, 5.74) is 0.508. The average Bonchev–Trinajstić information content (AvgIpc) is 2.97. The third-order valence-electron chi connectivity index (χ3n) is 2.76. The zero-order valence-electron chi connectivity index (χ0n) is 11.2. The number of aliphatic hydroxyl groups is 1. The number of H-pyrrole nitrogens is 1. The molecule has 0 amide bonds. The van der Waals surface area contributed by atoms with E-state index >= 15 is 0 Å². The van der Waals surface area contributed by atoms with E-state index in [9.17, 15) is 8.42 Å². The molecule has 20 heavy (non-hydrogen) atoms. The Morgan fingerprint density at radius 1 is 1.55 bits per heavy atom. The van der Waals surface area contributed by atoms with Crippen molar-refractivity contribution in [2.24, 2.45) is 0 Å². The van der Waals surface area contributed by atoms with Crippen LogP contribution in [-0.4, -0.2) is 39.5 Å². The van der Waals surface area contributed by atoms with Crippen molar-refractivity contribution in [3.05, 3.63) is 29.8 Å². The number of rotatable bonds is 6. The lowest BCUT2D eigenvalue weighted by Crippen LogP contribution is -2.36. The Labute approximate surface area is 116 Å². The zero-order valence-corrected chi connectivity index (χ0v) is 12.1. The Morgan fingerprint density at radius 2 is 2.30 bits per heavy atom. The van der Waals surface area contributed by atoms with Crippen molar-refractivity contribution >= 4 is 10.0 Å². The van der Waals surface area contributed by atoms with Crippen LogP contribution in [-0.2, 0) is 23.2 Å². The fraction of sp³-hybridized carbons (Fsp3) is 0.455. The van der Waals surface area contributed by atoms with Gasteiger partial charge in [-0.1, -0.05) is 0 Å². The summed E-state index contributed by atoms with van der Waals surface area (Å²) in [4.78, 5) is 0.00677. The van der Waals surface area contributed by atoms with E-state index in [1.165, 1.54) is 0 Å². The van der Waals surface area contributed by atoms with Crippen LogP contribution in [0, 0.1) is 6.92 Å². The first-order chi connectivity index (χ1) is 9.44.